The molecule has 3 aromatic rings. The first-order valence-electron chi connectivity index (χ1n) is 7.85. The summed E-state index contributed by atoms with van der Waals surface area (Å²) in [5.41, 5.74) is 0.103. The maximum absolute atomic E-state index is 12.8. The molecule has 0 aliphatic rings. The van der Waals surface area contributed by atoms with Crippen LogP contribution < -0.4 is 10.9 Å². The lowest BCUT2D eigenvalue weighted by atomic mass is 10.1. The Morgan fingerprint density at radius 1 is 1.12 bits per heavy atom. The molecule has 6 heteroatoms. The zero-order valence-corrected chi connectivity index (χ0v) is 14.6. The second kappa shape index (κ2) is 6.57. The van der Waals surface area contributed by atoms with Crippen LogP contribution in [0.4, 0.5) is 0 Å². The number of hydrogen-bond donors (Lipinski definition) is 1. The molecule has 3 rings (SSSR count). The predicted molar refractivity (Wildman–Crippen MR) is 96.6 cm³/mol. The largest absolute Gasteiger partial charge is 0.343 e. The third-order valence-electron chi connectivity index (χ3n) is 3.85. The first-order chi connectivity index (χ1) is 11.5. The van der Waals surface area contributed by atoms with E-state index in [1.807, 2.05) is 44.4 Å². The number of aromatic nitrogens is 2. The van der Waals surface area contributed by atoms with Crippen molar-refractivity contribution in [2.24, 2.45) is 0 Å². The minimum Gasteiger partial charge on any atom is -0.343 e. The molecule has 2 heterocycles. The quantitative estimate of drug-likeness (QED) is 0.789. The highest BCUT2D eigenvalue weighted by Gasteiger charge is 2.19. The molecular weight excluding hydrogens is 322 g/mol. The van der Waals surface area contributed by atoms with Crippen molar-refractivity contribution in [3.8, 4) is 0 Å². The Morgan fingerprint density at radius 2 is 1.83 bits per heavy atom. The molecule has 1 amide bonds. The number of nitrogens with zero attached hydrogens (tertiary/aromatic N) is 2. The van der Waals surface area contributed by atoms with Gasteiger partial charge in [-0.05, 0) is 38.3 Å². The number of carbonyl (C=O) groups excluding carboxylic acids is 1. The van der Waals surface area contributed by atoms with Crippen molar-refractivity contribution in [3.63, 3.8) is 0 Å². The average Bonchev–Trinajstić information content (AvgIpc) is 3.09. The van der Waals surface area contributed by atoms with E-state index < -0.39 is 0 Å². The third-order valence-corrected chi connectivity index (χ3v) is 4.91. The topological polar surface area (TPSA) is 64.0 Å². The molecule has 0 saturated heterocycles. The molecule has 0 fully saturated rings. The van der Waals surface area contributed by atoms with Crippen LogP contribution in [0.2, 0.25) is 0 Å². The second-order valence-corrected chi connectivity index (χ2v) is 6.93. The van der Waals surface area contributed by atoms with Gasteiger partial charge in [0.25, 0.3) is 11.5 Å². The summed E-state index contributed by atoms with van der Waals surface area (Å²) < 4.78 is 1.37. The highest BCUT2D eigenvalue weighted by atomic mass is 32.1. The summed E-state index contributed by atoms with van der Waals surface area (Å²) in [6.45, 7) is 5.68. The molecular formula is C18H19N3O2S. The van der Waals surface area contributed by atoms with Crippen LogP contribution >= 0.6 is 11.3 Å². The zero-order valence-electron chi connectivity index (χ0n) is 13.8. The Balaban J connectivity index is 2.06. The Labute approximate surface area is 143 Å². The highest BCUT2D eigenvalue weighted by Crippen LogP contribution is 2.20. The standard InChI is InChI=1S/C18H19N3O2S/c1-11(2)21-18(23)14-8-5-4-7-13(14)16(20-21)17(22)19-12(3)15-9-6-10-24-15/h4-12H,1-3H3,(H,19,22). The molecule has 2 aromatic heterocycles. The van der Waals surface area contributed by atoms with Crippen LogP contribution in [0, 0.1) is 0 Å². The van der Waals surface area contributed by atoms with Gasteiger partial charge in [-0.3, -0.25) is 9.59 Å². The summed E-state index contributed by atoms with van der Waals surface area (Å²) in [6, 6.07) is 10.8. The van der Waals surface area contributed by atoms with E-state index in [-0.39, 0.29) is 29.2 Å². The third kappa shape index (κ3) is 2.97. The Hall–Kier alpha value is -2.47. The van der Waals surface area contributed by atoms with Crippen molar-refractivity contribution in [3.05, 3.63) is 62.7 Å². The Kier molecular flexibility index (Phi) is 4.49. The Bertz CT molecular complexity index is 929. The van der Waals surface area contributed by atoms with E-state index in [2.05, 4.69) is 10.4 Å². The number of carbonyl (C=O) groups is 1. The molecule has 5 nitrogen and oxygen atoms in total. The molecule has 0 aliphatic carbocycles. The minimum absolute atomic E-state index is 0.113. The van der Waals surface area contributed by atoms with Crippen molar-refractivity contribution in [1.29, 1.82) is 0 Å². The van der Waals surface area contributed by atoms with Gasteiger partial charge in [-0.25, -0.2) is 4.68 Å². The summed E-state index contributed by atoms with van der Waals surface area (Å²) in [4.78, 5) is 26.4. The van der Waals surface area contributed by atoms with Gasteiger partial charge < -0.3 is 5.32 Å². The van der Waals surface area contributed by atoms with E-state index in [9.17, 15) is 9.59 Å². The smallest absolute Gasteiger partial charge is 0.274 e. The Morgan fingerprint density at radius 3 is 2.46 bits per heavy atom. The number of amides is 1. The van der Waals surface area contributed by atoms with Crippen LogP contribution in [0.3, 0.4) is 0 Å². The summed E-state index contributed by atoms with van der Waals surface area (Å²) in [7, 11) is 0. The number of rotatable bonds is 4. The maximum atomic E-state index is 12.8. The van der Waals surface area contributed by atoms with E-state index >= 15 is 0 Å². The van der Waals surface area contributed by atoms with E-state index in [1.54, 1.807) is 29.5 Å². The average molecular weight is 341 g/mol. The van der Waals surface area contributed by atoms with Crippen molar-refractivity contribution in [1.82, 2.24) is 15.1 Å². The molecule has 1 N–H and O–H groups in total. The van der Waals surface area contributed by atoms with E-state index in [1.165, 1.54) is 4.68 Å². The van der Waals surface area contributed by atoms with Gasteiger partial charge in [0, 0.05) is 10.3 Å². The fourth-order valence-electron chi connectivity index (χ4n) is 2.60. The van der Waals surface area contributed by atoms with Crippen molar-refractivity contribution >= 4 is 28.0 Å². The number of benzene rings is 1. The number of hydrogen-bond acceptors (Lipinski definition) is 4. The lowest BCUT2D eigenvalue weighted by Crippen LogP contribution is -2.32. The molecule has 0 aliphatic heterocycles. The lowest BCUT2D eigenvalue weighted by Gasteiger charge is -2.15. The van der Waals surface area contributed by atoms with Gasteiger partial charge >= 0.3 is 0 Å². The first kappa shape index (κ1) is 16.4. The maximum Gasteiger partial charge on any atom is 0.274 e. The minimum atomic E-state index is -0.276. The fourth-order valence-corrected chi connectivity index (χ4v) is 3.33. The molecule has 1 aromatic carbocycles. The molecule has 0 spiro atoms. The van der Waals surface area contributed by atoms with Gasteiger partial charge in [0.05, 0.1) is 17.5 Å². The van der Waals surface area contributed by atoms with Crippen molar-refractivity contribution in [2.75, 3.05) is 0 Å². The monoisotopic (exact) mass is 341 g/mol. The van der Waals surface area contributed by atoms with Crippen LogP contribution in [-0.2, 0) is 0 Å². The highest BCUT2D eigenvalue weighted by molar-refractivity contribution is 7.10. The number of nitrogens with one attached hydrogen (secondary N) is 1. The van der Waals surface area contributed by atoms with Gasteiger partial charge in [0.15, 0.2) is 5.69 Å². The summed E-state index contributed by atoms with van der Waals surface area (Å²) >= 11 is 1.59. The summed E-state index contributed by atoms with van der Waals surface area (Å²) in [6.07, 6.45) is 0. The fraction of sp³-hybridized carbons (Fsp3) is 0.278. The van der Waals surface area contributed by atoms with E-state index in [0.29, 0.717) is 10.8 Å². The van der Waals surface area contributed by atoms with Gasteiger partial charge in [0.1, 0.15) is 0 Å². The van der Waals surface area contributed by atoms with E-state index in [0.717, 1.165) is 4.88 Å². The van der Waals surface area contributed by atoms with Crippen LogP contribution in [0.5, 0.6) is 0 Å². The van der Waals surface area contributed by atoms with Gasteiger partial charge in [-0.2, -0.15) is 5.10 Å². The number of fused-ring (bicyclic) bond motifs is 1. The predicted octanol–water partition coefficient (Wildman–Crippen LogP) is 3.53. The normalized spacial score (nSPS) is 12.5. The summed E-state index contributed by atoms with van der Waals surface area (Å²) in [5, 5.41) is 10.4. The molecule has 0 bridgehead atoms. The SMILES string of the molecule is CC(NC(=O)c1nn(C(C)C)c(=O)c2ccccc12)c1cccs1. The molecule has 24 heavy (non-hydrogen) atoms. The lowest BCUT2D eigenvalue weighted by molar-refractivity contribution is 0.0934. The van der Waals surface area contributed by atoms with Crippen LogP contribution in [0.1, 0.15) is 48.2 Å². The second-order valence-electron chi connectivity index (χ2n) is 5.95. The molecule has 0 saturated carbocycles. The number of thiophene rings is 1. The first-order valence-corrected chi connectivity index (χ1v) is 8.73. The molecule has 124 valence electrons. The van der Waals surface area contributed by atoms with Crippen LogP contribution in [0.25, 0.3) is 10.8 Å². The van der Waals surface area contributed by atoms with Crippen molar-refractivity contribution in [2.45, 2.75) is 32.9 Å². The van der Waals surface area contributed by atoms with Crippen LogP contribution in [-0.4, -0.2) is 15.7 Å². The van der Waals surface area contributed by atoms with E-state index in [4.69, 9.17) is 0 Å². The molecule has 0 radical (unpaired) electrons. The molecule has 1 atom stereocenters. The van der Waals surface area contributed by atoms with Gasteiger partial charge in [-0.15, -0.1) is 11.3 Å². The van der Waals surface area contributed by atoms with Crippen molar-refractivity contribution < 1.29 is 4.79 Å². The zero-order chi connectivity index (χ0) is 17.3. The van der Waals surface area contributed by atoms with Gasteiger partial charge in [0.2, 0.25) is 0 Å². The molecule has 1 unspecified atom stereocenters. The van der Waals surface area contributed by atoms with Crippen LogP contribution in [0.15, 0.2) is 46.6 Å². The van der Waals surface area contributed by atoms with Gasteiger partial charge in [-0.1, -0.05) is 24.3 Å². The summed E-state index contributed by atoms with van der Waals surface area (Å²) in [5.74, 6) is -0.276.